The van der Waals surface area contributed by atoms with Crippen LogP contribution in [0.1, 0.15) is 39.4 Å². The van der Waals surface area contributed by atoms with Crippen molar-refractivity contribution >= 4 is 21.8 Å². The van der Waals surface area contributed by atoms with Crippen molar-refractivity contribution in [2.45, 2.75) is 55.7 Å². The van der Waals surface area contributed by atoms with E-state index >= 15 is 0 Å². The van der Waals surface area contributed by atoms with Crippen LogP contribution in [0.3, 0.4) is 0 Å². The number of nitrogens with zero attached hydrogens (tertiary/aromatic N) is 2. The molecule has 1 aromatic heterocycles. The Morgan fingerprint density at radius 2 is 1.90 bits per heavy atom. The first kappa shape index (κ1) is 16.9. The van der Waals surface area contributed by atoms with Gasteiger partial charge in [-0.25, -0.2) is 8.42 Å². The molecule has 21 heavy (non-hydrogen) atoms. The summed E-state index contributed by atoms with van der Waals surface area (Å²) in [4.78, 5) is 0.284. The van der Waals surface area contributed by atoms with Crippen LogP contribution in [0.2, 0.25) is 0 Å². The summed E-state index contributed by atoms with van der Waals surface area (Å²) < 4.78 is 29.0. The molecule has 1 aromatic rings. The number of aliphatic hydroxyl groups is 1. The van der Waals surface area contributed by atoms with Crippen molar-refractivity contribution in [3.05, 3.63) is 18.0 Å². The van der Waals surface area contributed by atoms with Crippen LogP contribution in [-0.2, 0) is 16.6 Å². The average Bonchev–Trinajstić information content (AvgIpc) is 2.82. The fourth-order valence-corrected chi connectivity index (χ4v) is 5.90. The van der Waals surface area contributed by atoms with E-state index in [0.717, 1.165) is 0 Å². The smallest absolute Gasteiger partial charge is 0.244 e. The average molecular weight is 332 g/mol. The van der Waals surface area contributed by atoms with Gasteiger partial charge in [0.2, 0.25) is 10.0 Å². The fourth-order valence-electron chi connectivity index (χ4n) is 2.72. The van der Waals surface area contributed by atoms with E-state index in [1.165, 1.54) is 0 Å². The van der Waals surface area contributed by atoms with E-state index in [1.54, 1.807) is 16.6 Å². The molecular weight excluding hydrogens is 308 g/mol. The second kappa shape index (κ2) is 6.32. The summed E-state index contributed by atoms with van der Waals surface area (Å²) in [5, 5.41) is 10.0. The minimum atomic E-state index is -3.49. The summed E-state index contributed by atoms with van der Waals surface area (Å²) in [7, 11) is -3.49. The summed E-state index contributed by atoms with van der Waals surface area (Å²) in [6, 6.07) is 1.71. The van der Waals surface area contributed by atoms with Crippen LogP contribution in [0.15, 0.2) is 17.2 Å². The largest absolute Gasteiger partial charge is 0.390 e. The quantitative estimate of drug-likeness (QED) is 0.917. The predicted molar refractivity (Wildman–Crippen MR) is 86.0 cm³/mol. The Morgan fingerprint density at radius 3 is 2.33 bits per heavy atom. The van der Waals surface area contributed by atoms with Crippen LogP contribution in [0.4, 0.5) is 0 Å². The second-order valence-corrected chi connectivity index (χ2v) is 9.73. The summed E-state index contributed by atoms with van der Waals surface area (Å²) in [6.45, 7) is 8.98. The number of rotatable bonds is 4. The molecule has 0 aromatic carbocycles. The molecule has 0 spiro atoms. The molecule has 0 radical (unpaired) electrons. The Morgan fingerprint density at radius 1 is 1.33 bits per heavy atom. The zero-order valence-corrected chi connectivity index (χ0v) is 14.6. The van der Waals surface area contributed by atoms with Crippen LogP contribution >= 0.6 is 11.8 Å². The van der Waals surface area contributed by atoms with Gasteiger partial charge in [0.1, 0.15) is 4.90 Å². The highest BCUT2D eigenvalue weighted by molar-refractivity contribution is 8.00. The lowest BCUT2D eigenvalue weighted by Crippen LogP contribution is -2.43. The highest BCUT2D eigenvalue weighted by Gasteiger charge is 2.33. The van der Waals surface area contributed by atoms with Gasteiger partial charge in [0, 0.05) is 41.5 Å². The van der Waals surface area contributed by atoms with Gasteiger partial charge < -0.3 is 9.67 Å². The standard InChI is InChI=1S/C14H24N2O3S2/c1-10(2)16-8-14(5-13(16)9-17)21(18,19)15-6-11(3)20-12(4)7-15/h5,8,10-12,17H,6-7,9H2,1-4H3. The molecule has 2 unspecified atom stereocenters. The Kier molecular flexibility index (Phi) is 5.07. The molecular formula is C14H24N2O3S2. The molecule has 7 heteroatoms. The summed E-state index contributed by atoms with van der Waals surface area (Å²) in [5.74, 6) is 0. The normalized spacial score (nSPS) is 24.7. The third-order valence-electron chi connectivity index (χ3n) is 3.65. The van der Waals surface area contributed by atoms with Gasteiger partial charge in [-0.1, -0.05) is 13.8 Å². The molecule has 1 aliphatic rings. The van der Waals surface area contributed by atoms with E-state index in [4.69, 9.17) is 0 Å². The lowest BCUT2D eigenvalue weighted by molar-refractivity contribution is 0.268. The Bertz CT molecular complexity index is 585. The Labute approximate surface area is 131 Å². The van der Waals surface area contributed by atoms with Crippen molar-refractivity contribution in [1.82, 2.24) is 8.87 Å². The number of sulfonamides is 1. The van der Waals surface area contributed by atoms with Gasteiger partial charge in [-0.15, -0.1) is 0 Å². The lowest BCUT2D eigenvalue weighted by Gasteiger charge is -2.33. The molecule has 1 saturated heterocycles. The van der Waals surface area contributed by atoms with Crippen molar-refractivity contribution in [3.63, 3.8) is 0 Å². The number of aromatic nitrogens is 1. The van der Waals surface area contributed by atoms with Gasteiger partial charge in [-0.3, -0.25) is 0 Å². The molecule has 0 bridgehead atoms. The summed E-state index contributed by atoms with van der Waals surface area (Å²) >= 11 is 1.82. The first-order valence-electron chi connectivity index (χ1n) is 7.23. The molecule has 2 rings (SSSR count). The van der Waals surface area contributed by atoms with Crippen LogP contribution in [-0.4, -0.2) is 46.0 Å². The van der Waals surface area contributed by atoms with E-state index in [9.17, 15) is 13.5 Å². The lowest BCUT2D eigenvalue weighted by atomic mass is 10.3. The van der Waals surface area contributed by atoms with Crippen LogP contribution in [0.25, 0.3) is 0 Å². The maximum atomic E-state index is 12.8. The maximum Gasteiger partial charge on any atom is 0.244 e. The molecule has 1 N–H and O–H groups in total. The number of thioether (sulfide) groups is 1. The molecule has 2 atom stereocenters. The highest BCUT2D eigenvalue weighted by Crippen LogP contribution is 2.30. The van der Waals surface area contributed by atoms with Crippen molar-refractivity contribution in [2.75, 3.05) is 13.1 Å². The first-order valence-corrected chi connectivity index (χ1v) is 9.61. The number of aliphatic hydroxyl groups excluding tert-OH is 1. The zero-order chi connectivity index (χ0) is 15.8. The van der Waals surface area contributed by atoms with Gasteiger partial charge in [0.05, 0.1) is 6.61 Å². The van der Waals surface area contributed by atoms with Crippen molar-refractivity contribution in [1.29, 1.82) is 0 Å². The second-order valence-electron chi connectivity index (χ2n) is 5.91. The Hall–Kier alpha value is -0.500. The molecule has 0 saturated carbocycles. The van der Waals surface area contributed by atoms with E-state index in [1.807, 2.05) is 30.2 Å². The molecule has 120 valence electrons. The van der Waals surface area contributed by atoms with Gasteiger partial charge in [-0.05, 0) is 19.9 Å². The third-order valence-corrected chi connectivity index (χ3v) is 6.67. The van der Waals surface area contributed by atoms with Crippen LogP contribution in [0.5, 0.6) is 0 Å². The van der Waals surface area contributed by atoms with E-state index in [0.29, 0.717) is 29.3 Å². The van der Waals surface area contributed by atoms with E-state index in [2.05, 4.69) is 13.8 Å². The van der Waals surface area contributed by atoms with E-state index < -0.39 is 10.0 Å². The summed E-state index contributed by atoms with van der Waals surface area (Å²) in [5.41, 5.74) is 0.635. The van der Waals surface area contributed by atoms with Gasteiger partial charge in [0.15, 0.2) is 0 Å². The fraction of sp³-hybridized carbons (Fsp3) is 0.714. The zero-order valence-electron chi connectivity index (χ0n) is 13.0. The van der Waals surface area contributed by atoms with Crippen LogP contribution in [0, 0.1) is 0 Å². The number of hydrogen-bond acceptors (Lipinski definition) is 4. The molecule has 0 amide bonds. The highest BCUT2D eigenvalue weighted by atomic mass is 32.2. The van der Waals surface area contributed by atoms with Crippen LogP contribution < -0.4 is 0 Å². The monoisotopic (exact) mass is 332 g/mol. The molecule has 0 aliphatic carbocycles. The SMILES string of the molecule is CC1CN(S(=O)(=O)c2cc(CO)n(C(C)C)c2)CC(C)S1. The van der Waals surface area contributed by atoms with Crippen molar-refractivity contribution in [3.8, 4) is 0 Å². The minimum Gasteiger partial charge on any atom is -0.390 e. The minimum absolute atomic E-state index is 0.117. The molecule has 5 nitrogen and oxygen atoms in total. The maximum absolute atomic E-state index is 12.8. The Balaban J connectivity index is 2.35. The molecule has 1 fully saturated rings. The first-order chi connectivity index (χ1) is 9.75. The van der Waals surface area contributed by atoms with Crippen molar-refractivity contribution in [2.24, 2.45) is 0 Å². The summed E-state index contributed by atoms with van der Waals surface area (Å²) in [6.07, 6.45) is 1.64. The third kappa shape index (κ3) is 3.47. The van der Waals surface area contributed by atoms with Gasteiger partial charge in [-0.2, -0.15) is 16.1 Å². The molecule has 1 aliphatic heterocycles. The van der Waals surface area contributed by atoms with Gasteiger partial charge in [0.25, 0.3) is 0 Å². The molecule has 2 heterocycles. The topological polar surface area (TPSA) is 62.5 Å². The van der Waals surface area contributed by atoms with E-state index in [-0.39, 0.29) is 17.5 Å². The predicted octanol–water partition coefficient (Wildman–Crippen LogP) is 2.08. The number of hydrogen-bond donors (Lipinski definition) is 1. The van der Waals surface area contributed by atoms with Gasteiger partial charge >= 0.3 is 0 Å². The van der Waals surface area contributed by atoms with Crippen molar-refractivity contribution < 1.29 is 13.5 Å².